The topological polar surface area (TPSA) is 45.2 Å². The van der Waals surface area contributed by atoms with Crippen LogP contribution >= 0.6 is 11.6 Å². The molecule has 0 saturated carbocycles. The first-order chi connectivity index (χ1) is 9.20. The number of nitrogens with one attached hydrogen (secondary N) is 1. The molecule has 1 saturated heterocycles. The van der Waals surface area contributed by atoms with Crippen molar-refractivity contribution in [2.45, 2.75) is 19.8 Å². The first-order valence-electron chi connectivity index (χ1n) is 6.82. The van der Waals surface area contributed by atoms with Crippen molar-refractivity contribution in [3.05, 3.63) is 29.0 Å². The normalized spacial score (nSPS) is 16.3. The van der Waals surface area contributed by atoms with Gasteiger partial charge in [-0.1, -0.05) is 11.6 Å². The third-order valence-electron chi connectivity index (χ3n) is 3.55. The van der Waals surface area contributed by atoms with Gasteiger partial charge in [-0.3, -0.25) is 4.79 Å². The van der Waals surface area contributed by atoms with Gasteiger partial charge < -0.3 is 10.2 Å². The van der Waals surface area contributed by atoms with Gasteiger partial charge in [-0.25, -0.2) is 4.98 Å². The minimum Gasteiger partial charge on any atom is -0.337 e. The van der Waals surface area contributed by atoms with Crippen molar-refractivity contribution in [2.75, 3.05) is 26.2 Å². The fourth-order valence-corrected chi connectivity index (χ4v) is 2.51. The van der Waals surface area contributed by atoms with Gasteiger partial charge in [-0.05, 0) is 50.9 Å². The molecule has 5 heteroatoms. The van der Waals surface area contributed by atoms with Crippen LogP contribution < -0.4 is 5.32 Å². The molecule has 0 aliphatic carbocycles. The van der Waals surface area contributed by atoms with Crippen molar-refractivity contribution < 1.29 is 4.79 Å². The summed E-state index contributed by atoms with van der Waals surface area (Å²) in [6.45, 7) is 5.65. The first kappa shape index (κ1) is 14.3. The minimum atomic E-state index is -0.00213. The molecule has 4 nitrogen and oxygen atoms in total. The molecular weight excluding hydrogens is 262 g/mol. The van der Waals surface area contributed by atoms with E-state index in [4.69, 9.17) is 11.6 Å². The van der Waals surface area contributed by atoms with E-state index in [1.807, 2.05) is 11.8 Å². The van der Waals surface area contributed by atoms with Gasteiger partial charge in [-0.15, -0.1) is 0 Å². The molecule has 1 aromatic rings. The van der Waals surface area contributed by atoms with Crippen molar-refractivity contribution >= 4 is 17.5 Å². The Morgan fingerprint density at radius 1 is 1.47 bits per heavy atom. The zero-order valence-electron chi connectivity index (χ0n) is 11.2. The number of pyridine rings is 1. The largest absolute Gasteiger partial charge is 0.337 e. The van der Waals surface area contributed by atoms with Gasteiger partial charge in [0.05, 0.1) is 5.02 Å². The molecule has 2 rings (SSSR count). The summed E-state index contributed by atoms with van der Waals surface area (Å²) in [5.41, 5.74) is 0.472. The molecule has 1 aliphatic heterocycles. The quantitative estimate of drug-likeness (QED) is 0.920. The summed E-state index contributed by atoms with van der Waals surface area (Å²) in [6, 6.07) is 3.40. The molecule has 104 valence electrons. The maximum absolute atomic E-state index is 12.4. The number of carbonyl (C=O) groups is 1. The Hall–Kier alpha value is -1.13. The van der Waals surface area contributed by atoms with Gasteiger partial charge in [0.1, 0.15) is 5.69 Å². The SMILES string of the molecule is CCN(CC1CCNCC1)C(=O)c1ccc(Cl)cn1. The van der Waals surface area contributed by atoms with Gasteiger partial charge >= 0.3 is 0 Å². The predicted molar refractivity (Wildman–Crippen MR) is 76.4 cm³/mol. The monoisotopic (exact) mass is 281 g/mol. The van der Waals surface area contributed by atoms with Crippen molar-refractivity contribution in [2.24, 2.45) is 5.92 Å². The summed E-state index contributed by atoms with van der Waals surface area (Å²) in [5.74, 6) is 0.593. The van der Waals surface area contributed by atoms with Crippen LogP contribution in [-0.2, 0) is 0 Å². The molecule has 2 heterocycles. The molecule has 0 radical (unpaired) electrons. The zero-order valence-corrected chi connectivity index (χ0v) is 12.0. The van der Waals surface area contributed by atoms with Crippen molar-refractivity contribution in [3.8, 4) is 0 Å². The second kappa shape index (κ2) is 6.87. The fraction of sp³-hybridized carbons (Fsp3) is 0.571. The Labute approximate surface area is 119 Å². The average molecular weight is 282 g/mol. The zero-order chi connectivity index (χ0) is 13.7. The lowest BCUT2D eigenvalue weighted by Gasteiger charge is -2.29. The average Bonchev–Trinajstić information content (AvgIpc) is 2.46. The van der Waals surface area contributed by atoms with E-state index in [9.17, 15) is 4.79 Å². The van der Waals surface area contributed by atoms with E-state index in [2.05, 4.69) is 10.3 Å². The third kappa shape index (κ3) is 3.91. The molecule has 0 unspecified atom stereocenters. The molecule has 1 fully saturated rings. The minimum absolute atomic E-state index is 0.00213. The van der Waals surface area contributed by atoms with Crippen LogP contribution in [0, 0.1) is 5.92 Å². The standard InChI is InChI=1S/C14H20ClN3O/c1-2-18(10-11-5-7-16-8-6-11)14(19)13-4-3-12(15)9-17-13/h3-4,9,11,16H,2,5-8,10H2,1H3. The first-order valence-corrected chi connectivity index (χ1v) is 7.20. The van der Waals surface area contributed by atoms with Crippen LogP contribution in [0.5, 0.6) is 0 Å². The van der Waals surface area contributed by atoms with Crippen LogP contribution in [0.15, 0.2) is 18.3 Å². The molecule has 0 bridgehead atoms. The lowest BCUT2D eigenvalue weighted by molar-refractivity contribution is 0.0721. The Morgan fingerprint density at radius 3 is 2.79 bits per heavy atom. The fourth-order valence-electron chi connectivity index (χ4n) is 2.40. The van der Waals surface area contributed by atoms with Gasteiger partial charge in [0.15, 0.2) is 0 Å². The molecule has 19 heavy (non-hydrogen) atoms. The molecule has 1 aromatic heterocycles. The van der Waals surface area contributed by atoms with Crippen LogP contribution in [0.25, 0.3) is 0 Å². The lowest BCUT2D eigenvalue weighted by Crippen LogP contribution is -2.39. The van der Waals surface area contributed by atoms with Crippen molar-refractivity contribution in [1.29, 1.82) is 0 Å². The molecular formula is C14H20ClN3O. The van der Waals surface area contributed by atoms with E-state index < -0.39 is 0 Å². The van der Waals surface area contributed by atoms with Crippen molar-refractivity contribution in [3.63, 3.8) is 0 Å². The second-order valence-electron chi connectivity index (χ2n) is 4.90. The van der Waals surface area contributed by atoms with E-state index in [-0.39, 0.29) is 5.91 Å². The van der Waals surface area contributed by atoms with Crippen LogP contribution in [-0.4, -0.2) is 42.0 Å². The molecule has 0 atom stereocenters. The summed E-state index contributed by atoms with van der Waals surface area (Å²) in [7, 11) is 0. The number of amides is 1. The number of hydrogen-bond donors (Lipinski definition) is 1. The number of halogens is 1. The van der Waals surface area contributed by atoms with Gasteiger partial charge in [0, 0.05) is 19.3 Å². The van der Waals surface area contributed by atoms with Crippen molar-refractivity contribution in [1.82, 2.24) is 15.2 Å². The van der Waals surface area contributed by atoms with Gasteiger partial charge in [0.2, 0.25) is 0 Å². The van der Waals surface area contributed by atoms with E-state index in [0.717, 1.165) is 32.5 Å². The van der Waals surface area contributed by atoms with E-state index in [1.54, 1.807) is 12.1 Å². The molecule has 1 amide bonds. The van der Waals surface area contributed by atoms with E-state index in [1.165, 1.54) is 6.20 Å². The Bertz CT molecular complexity index is 415. The summed E-state index contributed by atoms with van der Waals surface area (Å²) in [6.07, 6.45) is 3.79. The van der Waals surface area contributed by atoms with Gasteiger partial charge in [0.25, 0.3) is 5.91 Å². The van der Waals surface area contributed by atoms with Crippen LogP contribution in [0.2, 0.25) is 5.02 Å². The van der Waals surface area contributed by atoms with Crippen LogP contribution in [0.1, 0.15) is 30.3 Å². The number of hydrogen-bond acceptors (Lipinski definition) is 3. The summed E-state index contributed by atoms with van der Waals surface area (Å²) in [4.78, 5) is 18.4. The molecule has 0 spiro atoms. The third-order valence-corrected chi connectivity index (χ3v) is 3.78. The number of carbonyl (C=O) groups excluding carboxylic acids is 1. The number of aromatic nitrogens is 1. The smallest absolute Gasteiger partial charge is 0.272 e. The second-order valence-corrected chi connectivity index (χ2v) is 5.34. The van der Waals surface area contributed by atoms with Crippen LogP contribution in [0.4, 0.5) is 0 Å². The highest BCUT2D eigenvalue weighted by molar-refractivity contribution is 6.30. The number of rotatable bonds is 4. The highest BCUT2D eigenvalue weighted by Gasteiger charge is 2.21. The van der Waals surface area contributed by atoms with Gasteiger partial charge in [-0.2, -0.15) is 0 Å². The Morgan fingerprint density at radius 2 is 2.21 bits per heavy atom. The Balaban J connectivity index is 1.99. The predicted octanol–water partition coefficient (Wildman–Crippen LogP) is 2.20. The maximum Gasteiger partial charge on any atom is 0.272 e. The van der Waals surface area contributed by atoms with E-state index >= 15 is 0 Å². The lowest BCUT2D eigenvalue weighted by atomic mass is 9.97. The highest BCUT2D eigenvalue weighted by Crippen LogP contribution is 2.15. The molecule has 1 aliphatic rings. The molecule has 1 N–H and O–H groups in total. The maximum atomic E-state index is 12.4. The summed E-state index contributed by atoms with van der Waals surface area (Å²) < 4.78 is 0. The van der Waals surface area contributed by atoms with E-state index in [0.29, 0.717) is 23.2 Å². The Kier molecular flexibility index (Phi) is 5.16. The highest BCUT2D eigenvalue weighted by atomic mass is 35.5. The summed E-state index contributed by atoms with van der Waals surface area (Å²) >= 11 is 5.79. The number of piperidine rings is 1. The van der Waals surface area contributed by atoms with Crippen LogP contribution in [0.3, 0.4) is 0 Å². The number of nitrogens with zero attached hydrogens (tertiary/aromatic N) is 2. The summed E-state index contributed by atoms with van der Waals surface area (Å²) in [5, 5.41) is 3.90. The molecule has 0 aromatic carbocycles.